The molecular weight excluding hydrogens is 464 g/mol. The molecule has 0 saturated carbocycles. The number of aromatic nitrogens is 2. The van der Waals surface area contributed by atoms with Gasteiger partial charge in [-0.05, 0) is 32.0 Å². The van der Waals surface area contributed by atoms with Crippen molar-refractivity contribution in [3.8, 4) is 23.0 Å². The van der Waals surface area contributed by atoms with Gasteiger partial charge in [0.15, 0.2) is 11.5 Å². The first-order valence-corrected chi connectivity index (χ1v) is 11.3. The van der Waals surface area contributed by atoms with Gasteiger partial charge in [-0.2, -0.15) is 5.10 Å². The fraction of sp³-hybridized carbons (Fsp3) is 0.346. The summed E-state index contributed by atoms with van der Waals surface area (Å²) in [4.78, 5) is 26.9. The largest absolute Gasteiger partial charge is 0.496 e. The number of nitrogens with one attached hydrogen (secondary N) is 2. The predicted molar refractivity (Wildman–Crippen MR) is 134 cm³/mol. The van der Waals surface area contributed by atoms with Gasteiger partial charge in [-0.15, -0.1) is 0 Å². The third-order valence-electron chi connectivity index (χ3n) is 6.37. The van der Waals surface area contributed by atoms with Crippen LogP contribution in [0.1, 0.15) is 38.7 Å². The van der Waals surface area contributed by atoms with Crippen LogP contribution in [-0.4, -0.2) is 56.1 Å². The molecule has 10 heteroatoms. The lowest BCUT2D eigenvalue weighted by Gasteiger charge is -2.33. The van der Waals surface area contributed by atoms with E-state index in [9.17, 15) is 9.59 Å². The van der Waals surface area contributed by atoms with E-state index in [0.717, 1.165) is 22.4 Å². The summed E-state index contributed by atoms with van der Waals surface area (Å²) in [5.41, 5.74) is 3.58. The number of carbonyl (C=O) groups is 2. The maximum atomic E-state index is 13.5. The van der Waals surface area contributed by atoms with Crippen molar-refractivity contribution in [2.24, 2.45) is 7.05 Å². The number of carbonyl (C=O) groups excluding carboxylic acids is 2. The van der Waals surface area contributed by atoms with Crippen LogP contribution in [0.3, 0.4) is 0 Å². The lowest BCUT2D eigenvalue weighted by Crippen LogP contribution is -2.50. The molecule has 2 heterocycles. The van der Waals surface area contributed by atoms with Crippen LogP contribution in [0, 0.1) is 13.8 Å². The Labute approximate surface area is 209 Å². The molecule has 3 aromatic rings. The molecule has 0 fully saturated rings. The van der Waals surface area contributed by atoms with Crippen LogP contribution in [0.25, 0.3) is 0 Å². The van der Waals surface area contributed by atoms with Gasteiger partial charge in [-0.3, -0.25) is 14.3 Å². The summed E-state index contributed by atoms with van der Waals surface area (Å²) in [7, 11) is 7.78. The molecule has 0 unspecified atom stereocenters. The van der Waals surface area contributed by atoms with Crippen molar-refractivity contribution in [1.29, 1.82) is 0 Å². The zero-order chi connectivity index (χ0) is 26.1. The predicted octanol–water partition coefficient (Wildman–Crippen LogP) is 2.95. The summed E-state index contributed by atoms with van der Waals surface area (Å²) in [6.45, 7) is 3.84. The van der Waals surface area contributed by atoms with Crippen LogP contribution < -0.4 is 29.6 Å². The summed E-state index contributed by atoms with van der Waals surface area (Å²) in [6.07, 6.45) is 0. The minimum atomic E-state index is -0.942. The molecule has 0 saturated heterocycles. The molecule has 1 aliphatic heterocycles. The second-order valence-corrected chi connectivity index (χ2v) is 8.55. The molecule has 10 nitrogen and oxygen atoms in total. The van der Waals surface area contributed by atoms with E-state index in [1.165, 1.54) is 21.3 Å². The van der Waals surface area contributed by atoms with E-state index < -0.39 is 17.9 Å². The van der Waals surface area contributed by atoms with Gasteiger partial charge in [0.05, 0.1) is 34.1 Å². The molecule has 0 bridgehead atoms. The number of ether oxygens (including phenoxy) is 4. The van der Waals surface area contributed by atoms with E-state index in [4.69, 9.17) is 18.9 Å². The standard InChI is InChI=1S/C26H30N4O6/c1-13-8-9-17(33-4)16(10-13)21-20-14(2)29-30(3)24(20)28-26(32)22(21)27-25(31)15-11-18(34-5)23(36-7)19(12-15)35-6/h8-12,21-22H,1-7H3,(H,27,31)(H,28,32)/t21-,22+/m0/s1. The third-order valence-corrected chi connectivity index (χ3v) is 6.37. The number of aryl methyl sites for hydroxylation is 3. The number of methoxy groups -OCH3 is 4. The molecule has 2 amide bonds. The molecule has 0 spiro atoms. The molecular formula is C26H30N4O6. The zero-order valence-electron chi connectivity index (χ0n) is 21.4. The Kier molecular flexibility index (Phi) is 6.78. The highest BCUT2D eigenvalue weighted by molar-refractivity contribution is 6.04. The fourth-order valence-electron chi connectivity index (χ4n) is 4.73. The second kappa shape index (κ2) is 9.80. The van der Waals surface area contributed by atoms with Gasteiger partial charge < -0.3 is 29.6 Å². The van der Waals surface area contributed by atoms with Crippen molar-refractivity contribution in [3.05, 3.63) is 58.3 Å². The van der Waals surface area contributed by atoms with Crippen LogP contribution in [-0.2, 0) is 11.8 Å². The van der Waals surface area contributed by atoms with Crippen molar-refractivity contribution >= 4 is 17.6 Å². The van der Waals surface area contributed by atoms with Crippen LogP contribution in [0.2, 0.25) is 0 Å². The van der Waals surface area contributed by atoms with E-state index in [0.29, 0.717) is 28.8 Å². The van der Waals surface area contributed by atoms with Crippen LogP contribution in [0.4, 0.5) is 5.82 Å². The van der Waals surface area contributed by atoms with Gasteiger partial charge in [-0.25, -0.2) is 0 Å². The van der Waals surface area contributed by atoms with E-state index in [-0.39, 0.29) is 11.5 Å². The quantitative estimate of drug-likeness (QED) is 0.519. The number of hydrogen-bond acceptors (Lipinski definition) is 7. The van der Waals surface area contributed by atoms with Crippen molar-refractivity contribution in [2.75, 3.05) is 33.8 Å². The number of benzene rings is 2. The molecule has 1 aromatic heterocycles. The molecule has 0 aliphatic carbocycles. The minimum Gasteiger partial charge on any atom is -0.496 e. The minimum absolute atomic E-state index is 0.251. The Morgan fingerprint density at radius 1 is 0.972 bits per heavy atom. The Bertz CT molecular complexity index is 1310. The van der Waals surface area contributed by atoms with Crippen LogP contribution >= 0.6 is 0 Å². The molecule has 2 aromatic carbocycles. The molecule has 190 valence electrons. The number of hydrogen-bond donors (Lipinski definition) is 2. The SMILES string of the molecule is COc1ccc(C)cc1[C@H]1c2c(C)nn(C)c2NC(=O)[C@@H]1NC(=O)c1cc(OC)c(OC)c(OC)c1. The Balaban J connectivity index is 1.83. The zero-order valence-corrected chi connectivity index (χ0v) is 21.4. The second-order valence-electron chi connectivity index (χ2n) is 8.55. The summed E-state index contributed by atoms with van der Waals surface area (Å²) in [6, 6.07) is 7.91. The summed E-state index contributed by atoms with van der Waals surface area (Å²) in [5.74, 6) is 0.852. The highest BCUT2D eigenvalue weighted by Crippen LogP contribution is 2.43. The number of amides is 2. The molecule has 36 heavy (non-hydrogen) atoms. The molecule has 4 rings (SSSR count). The van der Waals surface area contributed by atoms with E-state index in [2.05, 4.69) is 15.7 Å². The third kappa shape index (κ3) is 4.19. The van der Waals surface area contributed by atoms with Gasteiger partial charge in [0.1, 0.15) is 17.6 Å². The highest BCUT2D eigenvalue weighted by atomic mass is 16.5. The van der Waals surface area contributed by atoms with Crippen molar-refractivity contribution in [2.45, 2.75) is 25.8 Å². The van der Waals surface area contributed by atoms with Gasteiger partial charge in [0.2, 0.25) is 11.7 Å². The summed E-state index contributed by atoms with van der Waals surface area (Å²) < 4.78 is 23.4. The average Bonchev–Trinajstić information content (AvgIpc) is 3.15. The summed E-state index contributed by atoms with van der Waals surface area (Å²) in [5, 5.41) is 10.4. The molecule has 2 atom stereocenters. The van der Waals surface area contributed by atoms with E-state index >= 15 is 0 Å². The van der Waals surface area contributed by atoms with Crippen LogP contribution in [0.5, 0.6) is 23.0 Å². The van der Waals surface area contributed by atoms with Crippen LogP contribution in [0.15, 0.2) is 30.3 Å². The van der Waals surface area contributed by atoms with Crippen molar-refractivity contribution in [1.82, 2.24) is 15.1 Å². The number of rotatable bonds is 7. The molecule has 2 N–H and O–H groups in total. The van der Waals surface area contributed by atoms with Gasteiger partial charge in [0, 0.05) is 29.7 Å². The van der Waals surface area contributed by atoms with Gasteiger partial charge in [0.25, 0.3) is 5.91 Å². The highest BCUT2D eigenvalue weighted by Gasteiger charge is 2.42. The molecule has 1 aliphatic rings. The molecule has 0 radical (unpaired) electrons. The smallest absolute Gasteiger partial charge is 0.252 e. The topological polar surface area (TPSA) is 113 Å². The maximum absolute atomic E-state index is 13.5. The lowest BCUT2D eigenvalue weighted by atomic mass is 9.81. The lowest BCUT2D eigenvalue weighted by molar-refractivity contribution is -0.118. The maximum Gasteiger partial charge on any atom is 0.252 e. The monoisotopic (exact) mass is 494 g/mol. The Morgan fingerprint density at radius 2 is 1.61 bits per heavy atom. The van der Waals surface area contributed by atoms with Crippen molar-refractivity contribution in [3.63, 3.8) is 0 Å². The normalized spacial score (nSPS) is 16.6. The van der Waals surface area contributed by atoms with Crippen molar-refractivity contribution < 1.29 is 28.5 Å². The first-order valence-electron chi connectivity index (χ1n) is 11.3. The number of anilines is 1. The number of fused-ring (bicyclic) bond motifs is 1. The fourth-order valence-corrected chi connectivity index (χ4v) is 4.73. The average molecular weight is 495 g/mol. The Morgan fingerprint density at radius 3 is 2.19 bits per heavy atom. The summed E-state index contributed by atoms with van der Waals surface area (Å²) >= 11 is 0. The first kappa shape index (κ1) is 24.9. The Hall–Kier alpha value is -4.21. The van der Waals surface area contributed by atoms with E-state index in [1.54, 1.807) is 31.0 Å². The van der Waals surface area contributed by atoms with Gasteiger partial charge in [-0.1, -0.05) is 17.7 Å². The van der Waals surface area contributed by atoms with E-state index in [1.807, 2.05) is 32.0 Å². The first-order chi connectivity index (χ1) is 17.2. The number of nitrogens with zero attached hydrogens (tertiary/aromatic N) is 2. The van der Waals surface area contributed by atoms with Gasteiger partial charge >= 0.3 is 0 Å².